The van der Waals surface area contributed by atoms with E-state index < -0.39 is 11.6 Å². The van der Waals surface area contributed by atoms with Crippen molar-refractivity contribution in [2.24, 2.45) is 0 Å². The van der Waals surface area contributed by atoms with Crippen LogP contribution < -0.4 is 4.74 Å². The molecule has 0 unspecified atom stereocenters. The maximum atomic E-state index is 12.3. The van der Waals surface area contributed by atoms with E-state index in [-0.39, 0.29) is 37.5 Å². The molecule has 1 aliphatic heterocycles. The van der Waals surface area contributed by atoms with Crippen molar-refractivity contribution < 1.29 is 24.5 Å². The molecule has 1 aromatic heterocycles. The first kappa shape index (κ1) is 14.3. The number of hydrogen-bond donors (Lipinski definition) is 2. The maximum Gasteiger partial charge on any atom is 0.335 e. The average Bonchev–Trinajstić information content (AvgIpc) is 2.47. The van der Waals surface area contributed by atoms with E-state index in [9.17, 15) is 14.7 Å². The zero-order valence-electron chi connectivity index (χ0n) is 11.1. The number of methoxy groups -OCH3 is 1. The van der Waals surface area contributed by atoms with E-state index in [0.29, 0.717) is 5.75 Å². The van der Waals surface area contributed by atoms with Gasteiger partial charge in [-0.2, -0.15) is 0 Å². The third-order valence-electron chi connectivity index (χ3n) is 3.47. The van der Waals surface area contributed by atoms with Crippen LogP contribution in [0.4, 0.5) is 0 Å². The molecule has 0 saturated carbocycles. The van der Waals surface area contributed by atoms with Crippen LogP contribution in [0.15, 0.2) is 18.3 Å². The molecular weight excluding hydrogens is 264 g/mol. The van der Waals surface area contributed by atoms with E-state index in [4.69, 9.17) is 9.84 Å². The number of ether oxygens (including phenoxy) is 1. The third-order valence-corrected chi connectivity index (χ3v) is 3.47. The van der Waals surface area contributed by atoms with Crippen LogP contribution in [0.25, 0.3) is 0 Å². The number of carboxylic acids is 1. The first-order chi connectivity index (χ1) is 9.48. The van der Waals surface area contributed by atoms with Crippen LogP contribution in [0.3, 0.4) is 0 Å². The predicted molar refractivity (Wildman–Crippen MR) is 68.5 cm³/mol. The highest BCUT2D eigenvalue weighted by atomic mass is 16.5. The van der Waals surface area contributed by atoms with Gasteiger partial charge in [0.1, 0.15) is 5.75 Å². The zero-order valence-corrected chi connectivity index (χ0v) is 11.1. The van der Waals surface area contributed by atoms with Crippen molar-refractivity contribution in [2.75, 3.05) is 20.2 Å². The number of nitrogens with zero attached hydrogens (tertiary/aromatic N) is 2. The van der Waals surface area contributed by atoms with Gasteiger partial charge in [0, 0.05) is 32.1 Å². The highest BCUT2D eigenvalue weighted by Crippen LogP contribution is 2.25. The van der Waals surface area contributed by atoms with E-state index in [0.717, 1.165) is 0 Å². The Labute approximate surface area is 115 Å². The van der Waals surface area contributed by atoms with Crippen molar-refractivity contribution in [3.63, 3.8) is 0 Å². The summed E-state index contributed by atoms with van der Waals surface area (Å²) in [6.45, 7) is 0.336. The number of aliphatic carboxylic acids is 1. The number of aliphatic hydroxyl groups is 1. The smallest absolute Gasteiger partial charge is 0.335 e. The molecule has 7 nitrogen and oxygen atoms in total. The Balaban J connectivity index is 2.11. The molecule has 0 radical (unpaired) electrons. The second kappa shape index (κ2) is 5.46. The summed E-state index contributed by atoms with van der Waals surface area (Å²) in [4.78, 5) is 28.7. The Bertz CT molecular complexity index is 523. The molecule has 0 aromatic carbocycles. The number of carbonyl (C=O) groups excluding carboxylic acids is 1. The zero-order chi connectivity index (χ0) is 14.8. The fourth-order valence-electron chi connectivity index (χ4n) is 2.16. The van der Waals surface area contributed by atoms with Gasteiger partial charge in [0.2, 0.25) is 0 Å². The van der Waals surface area contributed by atoms with Crippen molar-refractivity contribution in [1.82, 2.24) is 9.88 Å². The van der Waals surface area contributed by atoms with Crippen LogP contribution in [0.2, 0.25) is 0 Å². The second-order valence-electron chi connectivity index (χ2n) is 4.68. The molecule has 1 amide bonds. The Morgan fingerprint density at radius 3 is 2.60 bits per heavy atom. The highest BCUT2D eigenvalue weighted by molar-refractivity contribution is 5.95. The molecule has 1 aliphatic rings. The lowest BCUT2D eigenvalue weighted by molar-refractivity contribution is -0.162. The molecule has 0 spiro atoms. The second-order valence-corrected chi connectivity index (χ2v) is 4.68. The van der Waals surface area contributed by atoms with Gasteiger partial charge in [-0.3, -0.25) is 4.79 Å². The fraction of sp³-hybridized carbons (Fsp3) is 0.462. The summed E-state index contributed by atoms with van der Waals surface area (Å²) in [5.74, 6) is -1.20. The molecule has 20 heavy (non-hydrogen) atoms. The van der Waals surface area contributed by atoms with Gasteiger partial charge in [0.25, 0.3) is 5.91 Å². The Morgan fingerprint density at radius 2 is 2.05 bits per heavy atom. The lowest BCUT2D eigenvalue weighted by Crippen LogP contribution is -2.51. The summed E-state index contributed by atoms with van der Waals surface area (Å²) < 4.78 is 5.08. The van der Waals surface area contributed by atoms with Crippen molar-refractivity contribution in [1.29, 1.82) is 0 Å². The number of likely N-dealkylation sites (tertiary alicyclic amines) is 1. The van der Waals surface area contributed by atoms with Gasteiger partial charge in [0.05, 0.1) is 7.11 Å². The number of carbonyl (C=O) groups is 2. The van der Waals surface area contributed by atoms with Crippen LogP contribution in [-0.2, 0) is 4.79 Å². The van der Waals surface area contributed by atoms with Crippen molar-refractivity contribution >= 4 is 11.9 Å². The van der Waals surface area contributed by atoms with Crippen LogP contribution in [0.5, 0.6) is 5.75 Å². The van der Waals surface area contributed by atoms with E-state index >= 15 is 0 Å². The van der Waals surface area contributed by atoms with Crippen molar-refractivity contribution in [3.8, 4) is 5.75 Å². The minimum Gasteiger partial charge on any atom is -0.494 e. The molecule has 1 saturated heterocycles. The number of amides is 1. The van der Waals surface area contributed by atoms with Crippen LogP contribution >= 0.6 is 0 Å². The number of piperidine rings is 1. The lowest BCUT2D eigenvalue weighted by atomic mass is 9.91. The summed E-state index contributed by atoms with van der Waals surface area (Å²) >= 11 is 0. The first-order valence-corrected chi connectivity index (χ1v) is 6.22. The monoisotopic (exact) mass is 280 g/mol. The van der Waals surface area contributed by atoms with Crippen molar-refractivity contribution in [2.45, 2.75) is 18.4 Å². The average molecular weight is 280 g/mol. The molecule has 0 bridgehead atoms. The van der Waals surface area contributed by atoms with Gasteiger partial charge in [-0.25, -0.2) is 9.78 Å². The SMILES string of the molecule is COc1cccnc1C(=O)N1CCC(O)(C(=O)O)CC1. The predicted octanol–water partition coefficient (Wildman–Crippen LogP) is 0.142. The summed E-state index contributed by atoms with van der Waals surface area (Å²) in [5.41, 5.74) is -1.55. The summed E-state index contributed by atoms with van der Waals surface area (Å²) in [7, 11) is 1.45. The minimum absolute atomic E-state index is 0.00320. The normalized spacial score (nSPS) is 17.6. The van der Waals surface area contributed by atoms with Crippen LogP contribution in [-0.4, -0.2) is 57.8 Å². The first-order valence-electron chi connectivity index (χ1n) is 6.22. The third kappa shape index (κ3) is 2.57. The molecule has 108 valence electrons. The van der Waals surface area contributed by atoms with E-state index in [1.54, 1.807) is 12.1 Å². The number of pyridine rings is 1. The van der Waals surface area contributed by atoms with E-state index in [1.807, 2.05) is 0 Å². The lowest BCUT2D eigenvalue weighted by Gasteiger charge is -2.35. The molecule has 2 rings (SSSR count). The maximum absolute atomic E-state index is 12.3. The van der Waals surface area contributed by atoms with Gasteiger partial charge >= 0.3 is 5.97 Å². The van der Waals surface area contributed by atoms with E-state index in [2.05, 4.69) is 4.98 Å². The quantitative estimate of drug-likeness (QED) is 0.817. The van der Waals surface area contributed by atoms with Crippen LogP contribution in [0, 0.1) is 0 Å². The summed E-state index contributed by atoms with van der Waals surface area (Å²) in [6, 6.07) is 3.30. The van der Waals surface area contributed by atoms with Gasteiger partial charge in [-0.15, -0.1) is 0 Å². The largest absolute Gasteiger partial charge is 0.494 e. The highest BCUT2D eigenvalue weighted by Gasteiger charge is 2.40. The molecule has 0 atom stereocenters. The fourth-order valence-corrected chi connectivity index (χ4v) is 2.16. The Hall–Kier alpha value is -2.15. The summed E-state index contributed by atoms with van der Waals surface area (Å²) in [6.07, 6.45) is 1.50. The molecule has 1 fully saturated rings. The molecule has 0 aliphatic carbocycles. The minimum atomic E-state index is -1.75. The number of aromatic nitrogens is 1. The van der Waals surface area contributed by atoms with Gasteiger partial charge in [0.15, 0.2) is 11.3 Å². The Morgan fingerprint density at radius 1 is 1.40 bits per heavy atom. The van der Waals surface area contributed by atoms with Crippen LogP contribution in [0.1, 0.15) is 23.3 Å². The number of carboxylic acid groups (broad SMARTS) is 1. The standard InChI is InChI=1S/C13H16N2O5/c1-20-9-3-2-6-14-10(9)11(16)15-7-4-13(19,5-8-15)12(17)18/h2-3,6,19H,4-5,7-8H2,1H3,(H,17,18). The number of hydrogen-bond acceptors (Lipinski definition) is 5. The van der Waals surface area contributed by atoms with Gasteiger partial charge < -0.3 is 19.8 Å². The number of rotatable bonds is 3. The molecule has 2 heterocycles. The topological polar surface area (TPSA) is 100.0 Å². The van der Waals surface area contributed by atoms with Gasteiger partial charge in [-0.05, 0) is 12.1 Å². The van der Waals surface area contributed by atoms with E-state index in [1.165, 1.54) is 18.2 Å². The molecular formula is C13H16N2O5. The molecule has 1 aromatic rings. The molecule has 7 heteroatoms. The summed E-state index contributed by atoms with van der Waals surface area (Å²) in [5, 5.41) is 18.8. The van der Waals surface area contributed by atoms with Gasteiger partial charge in [-0.1, -0.05) is 0 Å². The van der Waals surface area contributed by atoms with Crippen molar-refractivity contribution in [3.05, 3.63) is 24.0 Å². The molecule has 2 N–H and O–H groups in total. The Kier molecular flexibility index (Phi) is 3.89.